The fraction of sp³-hybridized carbons (Fsp3) is 0.733. The molecule has 0 amide bonds. The molecule has 0 aliphatic carbocycles. The van der Waals surface area contributed by atoms with Crippen molar-refractivity contribution in [3.8, 4) is 0 Å². The molecule has 0 spiro atoms. The number of hydrogen-bond acceptors (Lipinski definition) is 2. The molecule has 98 valence electrons. The molecule has 0 aromatic carbocycles. The van der Waals surface area contributed by atoms with Crippen molar-refractivity contribution in [3.05, 3.63) is 22.4 Å². The van der Waals surface area contributed by atoms with Gasteiger partial charge >= 0.3 is 0 Å². The number of thiophene rings is 1. The van der Waals surface area contributed by atoms with Crippen molar-refractivity contribution in [1.29, 1.82) is 0 Å². The van der Waals surface area contributed by atoms with E-state index < -0.39 is 0 Å². The predicted octanol–water partition coefficient (Wildman–Crippen LogP) is 4.20. The SMILES string of the molecule is CC(C)CNCC(C)(Cc1ccsc1)C(C)C. The van der Waals surface area contributed by atoms with Crippen LogP contribution in [0.2, 0.25) is 0 Å². The van der Waals surface area contributed by atoms with Crippen LogP contribution in [-0.4, -0.2) is 13.1 Å². The van der Waals surface area contributed by atoms with Crippen molar-refractivity contribution in [2.75, 3.05) is 13.1 Å². The highest BCUT2D eigenvalue weighted by Gasteiger charge is 2.28. The normalized spacial score (nSPS) is 15.5. The van der Waals surface area contributed by atoms with Crippen molar-refractivity contribution >= 4 is 11.3 Å². The van der Waals surface area contributed by atoms with Crippen LogP contribution < -0.4 is 5.32 Å². The number of hydrogen-bond donors (Lipinski definition) is 1. The molecule has 17 heavy (non-hydrogen) atoms. The maximum absolute atomic E-state index is 3.62. The fourth-order valence-electron chi connectivity index (χ4n) is 1.98. The lowest BCUT2D eigenvalue weighted by Crippen LogP contribution is -2.39. The van der Waals surface area contributed by atoms with Crippen LogP contribution in [-0.2, 0) is 6.42 Å². The third kappa shape index (κ3) is 4.81. The molecule has 1 nitrogen and oxygen atoms in total. The van der Waals surface area contributed by atoms with E-state index >= 15 is 0 Å². The first-order chi connectivity index (χ1) is 7.94. The molecule has 0 aliphatic heterocycles. The fourth-order valence-corrected chi connectivity index (χ4v) is 2.65. The quantitative estimate of drug-likeness (QED) is 0.768. The third-order valence-electron chi connectivity index (χ3n) is 3.66. The van der Waals surface area contributed by atoms with Gasteiger partial charge in [0.15, 0.2) is 0 Å². The molecule has 0 bridgehead atoms. The van der Waals surface area contributed by atoms with Crippen LogP contribution in [0, 0.1) is 17.3 Å². The molecular formula is C15H27NS. The Labute approximate surface area is 111 Å². The van der Waals surface area contributed by atoms with Crippen LogP contribution in [0.3, 0.4) is 0 Å². The molecule has 1 aromatic heterocycles. The summed E-state index contributed by atoms with van der Waals surface area (Å²) in [6.45, 7) is 13.8. The van der Waals surface area contributed by atoms with Crippen molar-refractivity contribution in [1.82, 2.24) is 5.32 Å². The van der Waals surface area contributed by atoms with E-state index in [0.29, 0.717) is 11.3 Å². The summed E-state index contributed by atoms with van der Waals surface area (Å²) in [7, 11) is 0. The van der Waals surface area contributed by atoms with Gasteiger partial charge in [0.25, 0.3) is 0 Å². The smallest absolute Gasteiger partial charge is 0.00109 e. The Bertz CT molecular complexity index is 303. The van der Waals surface area contributed by atoms with Gasteiger partial charge in [-0.2, -0.15) is 11.3 Å². The van der Waals surface area contributed by atoms with E-state index in [0.717, 1.165) is 19.0 Å². The molecular weight excluding hydrogens is 226 g/mol. The van der Waals surface area contributed by atoms with Gasteiger partial charge in [-0.05, 0) is 52.6 Å². The molecule has 2 heteroatoms. The molecule has 1 unspecified atom stereocenters. The van der Waals surface area contributed by atoms with Gasteiger partial charge in [0.1, 0.15) is 0 Å². The molecule has 0 saturated heterocycles. The summed E-state index contributed by atoms with van der Waals surface area (Å²) in [4.78, 5) is 0. The second-order valence-corrected chi connectivity index (χ2v) is 6.92. The largest absolute Gasteiger partial charge is 0.316 e. The van der Waals surface area contributed by atoms with Gasteiger partial charge in [0.05, 0.1) is 0 Å². The van der Waals surface area contributed by atoms with Crippen LogP contribution in [0.4, 0.5) is 0 Å². The Morgan fingerprint density at radius 1 is 1.29 bits per heavy atom. The van der Waals surface area contributed by atoms with Crippen molar-refractivity contribution in [2.24, 2.45) is 17.3 Å². The Morgan fingerprint density at radius 2 is 2.00 bits per heavy atom. The molecule has 0 saturated carbocycles. The van der Waals surface area contributed by atoms with E-state index in [-0.39, 0.29) is 0 Å². The second-order valence-electron chi connectivity index (χ2n) is 6.14. The minimum atomic E-state index is 0.357. The van der Waals surface area contributed by atoms with Crippen molar-refractivity contribution in [3.63, 3.8) is 0 Å². The van der Waals surface area contributed by atoms with Gasteiger partial charge in [0, 0.05) is 6.54 Å². The van der Waals surface area contributed by atoms with E-state index in [1.54, 1.807) is 11.3 Å². The van der Waals surface area contributed by atoms with Gasteiger partial charge in [-0.3, -0.25) is 0 Å². The Kier molecular flexibility index (Phi) is 5.68. The maximum Gasteiger partial charge on any atom is 0.00109 e. The summed E-state index contributed by atoms with van der Waals surface area (Å²) in [5.74, 6) is 1.43. The van der Waals surface area contributed by atoms with Gasteiger partial charge in [0.2, 0.25) is 0 Å². The molecule has 0 radical (unpaired) electrons. The van der Waals surface area contributed by atoms with Crippen LogP contribution in [0.25, 0.3) is 0 Å². The first-order valence-corrected chi connectivity index (χ1v) is 7.60. The molecule has 0 aliphatic rings. The lowest BCUT2D eigenvalue weighted by atomic mass is 9.74. The van der Waals surface area contributed by atoms with Crippen LogP contribution in [0.15, 0.2) is 16.8 Å². The maximum atomic E-state index is 3.62. The molecule has 1 heterocycles. The van der Waals surface area contributed by atoms with Crippen LogP contribution in [0.5, 0.6) is 0 Å². The zero-order chi connectivity index (χ0) is 12.9. The topological polar surface area (TPSA) is 12.0 Å². The van der Waals surface area contributed by atoms with Crippen LogP contribution >= 0.6 is 11.3 Å². The highest BCUT2D eigenvalue weighted by Crippen LogP contribution is 2.31. The van der Waals surface area contributed by atoms with Gasteiger partial charge in [-0.1, -0.05) is 34.6 Å². The lowest BCUT2D eigenvalue weighted by molar-refractivity contribution is 0.205. The summed E-state index contributed by atoms with van der Waals surface area (Å²) in [6.07, 6.45) is 1.18. The van der Waals surface area contributed by atoms with Crippen LogP contribution in [0.1, 0.15) is 40.2 Å². The van der Waals surface area contributed by atoms with Gasteiger partial charge in [-0.15, -0.1) is 0 Å². The summed E-state index contributed by atoms with van der Waals surface area (Å²) in [6, 6.07) is 2.26. The Morgan fingerprint density at radius 3 is 2.47 bits per heavy atom. The number of rotatable bonds is 7. The minimum absolute atomic E-state index is 0.357. The Hall–Kier alpha value is -0.340. The summed E-state index contributed by atoms with van der Waals surface area (Å²) in [5.41, 5.74) is 1.84. The lowest BCUT2D eigenvalue weighted by Gasteiger charge is -2.34. The van der Waals surface area contributed by atoms with Gasteiger partial charge < -0.3 is 5.32 Å². The van der Waals surface area contributed by atoms with E-state index in [1.807, 2.05) is 0 Å². The Balaban J connectivity index is 2.56. The molecule has 0 fully saturated rings. The number of nitrogens with one attached hydrogen (secondary N) is 1. The minimum Gasteiger partial charge on any atom is -0.316 e. The predicted molar refractivity (Wildman–Crippen MR) is 78.7 cm³/mol. The van der Waals surface area contributed by atoms with Crippen molar-refractivity contribution < 1.29 is 0 Å². The molecule has 1 aromatic rings. The first kappa shape index (κ1) is 14.7. The average molecular weight is 253 g/mol. The zero-order valence-corrected chi connectivity index (χ0v) is 12.7. The third-order valence-corrected chi connectivity index (χ3v) is 4.40. The standard InChI is InChI=1S/C15H27NS/c1-12(2)9-16-11-15(5,13(3)4)8-14-6-7-17-10-14/h6-7,10,12-13,16H,8-9,11H2,1-5H3. The highest BCUT2D eigenvalue weighted by atomic mass is 32.1. The first-order valence-electron chi connectivity index (χ1n) is 6.66. The average Bonchev–Trinajstić information content (AvgIpc) is 2.69. The van der Waals surface area contributed by atoms with E-state index in [1.165, 1.54) is 12.0 Å². The van der Waals surface area contributed by atoms with Crippen molar-refractivity contribution in [2.45, 2.75) is 41.0 Å². The monoisotopic (exact) mass is 253 g/mol. The second kappa shape index (κ2) is 6.55. The highest BCUT2D eigenvalue weighted by molar-refractivity contribution is 7.07. The van der Waals surface area contributed by atoms with E-state index in [4.69, 9.17) is 0 Å². The molecule has 1 N–H and O–H groups in total. The van der Waals surface area contributed by atoms with E-state index in [2.05, 4.69) is 56.8 Å². The molecule has 1 rings (SSSR count). The van der Waals surface area contributed by atoms with Gasteiger partial charge in [-0.25, -0.2) is 0 Å². The zero-order valence-electron chi connectivity index (χ0n) is 11.9. The molecule has 1 atom stereocenters. The summed E-state index contributed by atoms with van der Waals surface area (Å²) < 4.78 is 0. The van der Waals surface area contributed by atoms with E-state index in [9.17, 15) is 0 Å². The summed E-state index contributed by atoms with van der Waals surface area (Å²) in [5, 5.41) is 8.08. The summed E-state index contributed by atoms with van der Waals surface area (Å²) >= 11 is 1.80.